The van der Waals surface area contributed by atoms with Gasteiger partial charge in [0.2, 0.25) is 0 Å². The monoisotopic (exact) mass is 445 g/mol. The minimum Gasteiger partial charge on any atom is -0.493 e. The molecule has 0 heterocycles. The summed E-state index contributed by atoms with van der Waals surface area (Å²) in [7, 11) is 0. The van der Waals surface area contributed by atoms with Gasteiger partial charge in [0.1, 0.15) is 11.5 Å². The van der Waals surface area contributed by atoms with Crippen LogP contribution in [0.1, 0.15) is 38.3 Å². The molecule has 0 atom stereocenters. The molecular weight excluding hydrogens is 414 g/mol. The quantitative estimate of drug-likeness (QED) is 0.241. The summed E-state index contributed by atoms with van der Waals surface area (Å²) in [5.41, 5.74) is 5.39. The predicted octanol–water partition coefficient (Wildman–Crippen LogP) is 5.99. The fraction of sp³-hybridized carbons (Fsp3) is 0.259. The second-order valence-electron chi connectivity index (χ2n) is 8.59. The predicted molar refractivity (Wildman–Crippen MR) is 133 cm³/mol. The summed E-state index contributed by atoms with van der Waals surface area (Å²) in [6, 6.07) is 24.6. The van der Waals surface area contributed by atoms with Crippen molar-refractivity contribution in [3.8, 4) is 11.5 Å². The highest BCUT2D eigenvalue weighted by atomic mass is 16.5. The minimum absolute atomic E-state index is 0.135. The van der Waals surface area contributed by atoms with Gasteiger partial charge in [0, 0.05) is 12.1 Å². The van der Waals surface area contributed by atoms with Crippen LogP contribution in [-0.4, -0.2) is 25.5 Å². The number of hydrogen-bond donors (Lipinski definition) is 2. The van der Waals surface area contributed by atoms with Gasteiger partial charge in [0.15, 0.2) is 0 Å². The van der Waals surface area contributed by atoms with Gasteiger partial charge in [-0.2, -0.15) is 5.10 Å². The summed E-state index contributed by atoms with van der Waals surface area (Å²) in [6.07, 6.45) is 2.34. The van der Waals surface area contributed by atoms with Gasteiger partial charge in [-0.15, -0.1) is 0 Å². The fourth-order valence-corrected chi connectivity index (χ4v) is 3.02. The molecule has 0 aromatic heterocycles. The first-order chi connectivity index (χ1) is 15.9. The van der Waals surface area contributed by atoms with E-state index in [1.165, 1.54) is 5.56 Å². The molecule has 6 heteroatoms. The van der Waals surface area contributed by atoms with Crippen LogP contribution >= 0.6 is 0 Å². The molecular formula is C27H31N3O3. The number of benzene rings is 3. The van der Waals surface area contributed by atoms with E-state index < -0.39 is 6.03 Å². The maximum Gasteiger partial charge on any atom is 0.339 e. The van der Waals surface area contributed by atoms with Crippen molar-refractivity contribution in [1.82, 2.24) is 5.43 Å². The topological polar surface area (TPSA) is 72.0 Å². The Kier molecular flexibility index (Phi) is 8.47. The fourth-order valence-electron chi connectivity index (χ4n) is 3.02. The number of nitrogens with one attached hydrogen (secondary N) is 2. The van der Waals surface area contributed by atoms with Crippen molar-refractivity contribution in [2.75, 3.05) is 18.5 Å². The molecule has 3 aromatic carbocycles. The Bertz CT molecular complexity index is 1040. The molecule has 0 spiro atoms. The number of carbonyl (C=O) groups is 1. The Balaban J connectivity index is 1.37. The lowest BCUT2D eigenvalue weighted by atomic mass is 9.87. The molecule has 2 N–H and O–H groups in total. The molecule has 6 nitrogen and oxygen atoms in total. The molecule has 0 aliphatic carbocycles. The third-order valence-corrected chi connectivity index (χ3v) is 4.82. The summed E-state index contributed by atoms with van der Waals surface area (Å²) in [6.45, 7) is 7.70. The SMILES string of the molecule is CC(C)(C)c1ccc(OCCCOc2cccc(/C=N/NC(=O)Nc3ccccc3)c2)cc1. The number of hydrazone groups is 1. The maximum atomic E-state index is 11.9. The molecule has 0 radical (unpaired) electrons. The van der Waals surface area contributed by atoms with Gasteiger partial charge in [0.25, 0.3) is 0 Å². The maximum absolute atomic E-state index is 11.9. The Morgan fingerprint density at radius 1 is 0.879 bits per heavy atom. The highest BCUT2D eigenvalue weighted by Gasteiger charge is 2.12. The first kappa shape index (κ1) is 23.9. The van der Waals surface area contributed by atoms with Crippen molar-refractivity contribution in [1.29, 1.82) is 0 Å². The van der Waals surface area contributed by atoms with E-state index in [0.717, 1.165) is 23.5 Å². The van der Waals surface area contributed by atoms with Crippen molar-refractivity contribution < 1.29 is 14.3 Å². The Hall–Kier alpha value is -3.80. The number of hydrogen-bond acceptors (Lipinski definition) is 4. The largest absolute Gasteiger partial charge is 0.493 e. The summed E-state index contributed by atoms with van der Waals surface area (Å²) in [5, 5.41) is 6.68. The van der Waals surface area contributed by atoms with Crippen LogP contribution in [0.5, 0.6) is 11.5 Å². The Morgan fingerprint density at radius 3 is 2.27 bits per heavy atom. The van der Waals surface area contributed by atoms with Crippen molar-refractivity contribution in [2.24, 2.45) is 5.10 Å². The van der Waals surface area contributed by atoms with E-state index in [1.54, 1.807) is 18.3 Å². The molecule has 0 bridgehead atoms. The van der Waals surface area contributed by atoms with Gasteiger partial charge < -0.3 is 14.8 Å². The zero-order valence-electron chi connectivity index (χ0n) is 19.4. The van der Waals surface area contributed by atoms with Crippen molar-refractivity contribution >= 4 is 17.9 Å². The molecule has 0 unspecified atom stereocenters. The molecule has 33 heavy (non-hydrogen) atoms. The molecule has 0 aliphatic rings. The lowest BCUT2D eigenvalue weighted by Gasteiger charge is -2.19. The Morgan fingerprint density at radius 2 is 1.58 bits per heavy atom. The van der Waals surface area contributed by atoms with Gasteiger partial charge in [0.05, 0.1) is 19.4 Å². The van der Waals surface area contributed by atoms with E-state index in [2.05, 4.69) is 48.7 Å². The average Bonchev–Trinajstić information content (AvgIpc) is 2.79. The Labute approximate surface area is 195 Å². The number of carbonyl (C=O) groups excluding carboxylic acids is 1. The van der Waals surface area contributed by atoms with Gasteiger partial charge >= 0.3 is 6.03 Å². The summed E-state index contributed by atoms with van der Waals surface area (Å²) >= 11 is 0. The standard InChI is InChI=1S/C27H31N3O3/c1-27(2,3)22-13-15-24(16-14-22)32-17-8-18-33-25-12-7-9-21(19-25)20-28-30-26(31)29-23-10-5-4-6-11-23/h4-7,9-16,19-20H,8,17-18H2,1-3H3,(H2,29,30,31)/b28-20+. The first-order valence-electron chi connectivity index (χ1n) is 11.0. The summed E-state index contributed by atoms with van der Waals surface area (Å²) in [5.74, 6) is 1.60. The third-order valence-electron chi connectivity index (χ3n) is 4.82. The zero-order chi connectivity index (χ0) is 23.5. The number of para-hydroxylation sites is 1. The number of nitrogens with zero attached hydrogens (tertiary/aromatic N) is 1. The average molecular weight is 446 g/mol. The molecule has 0 saturated carbocycles. The van der Waals surface area contributed by atoms with Gasteiger partial charge in [-0.1, -0.05) is 63.2 Å². The molecule has 0 fully saturated rings. The third kappa shape index (κ3) is 8.33. The number of anilines is 1. The zero-order valence-corrected chi connectivity index (χ0v) is 19.4. The van der Waals surface area contributed by atoms with Crippen LogP contribution in [0.15, 0.2) is 84.0 Å². The van der Waals surface area contributed by atoms with Crippen LogP contribution in [0.25, 0.3) is 0 Å². The second-order valence-corrected chi connectivity index (χ2v) is 8.59. The molecule has 172 valence electrons. The van der Waals surface area contributed by atoms with E-state index in [0.29, 0.717) is 18.9 Å². The van der Waals surface area contributed by atoms with Crippen LogP contribution in [0.4, 0.5) is 10.5 Å². The van der Waals surface area contributed by atoms with Crippen LogP contribution in [0.3, 0.4) is 0 Å². The van der Waals surface area contributed by atoms with E-state index in [-0.39, 0.29) is 5.41 Å². The second kappa shape index (κ2) is 11.7. The minimum atomic E-state index is -0.405. The number of rotatable bonds is 9. The van der Waals surface area contributed by atoms with Crippen LogP contribution in [0.2, 0.25) is 0 Å². The van der Waals surface area contributed by atoms with Crippen molar-refractivity contribution in [3.05, 3.63) is 90.0 Å². The summed E-state index contributed by atoms with van der Waals surface area (Å²) in [4.78, 5) is 11.9. The number of ether oxygens (including phenoxy) is 2. The van der Waals surface area contributed by atoms with Crippen LogP contribution < -0.4 is 20.2 Å². The molecule has 3 aromatic rings. The molecule has 0 aliphatic heterocycles. The van der Waals surface area contributed by atoms with E-state index >= 15 is 0 Å². The van der Waals surface area contributed by atoms with Crippen LogP contribution in [0, 0.1) is 0 Å². The lowest BCUT2D eigenvalue weighted by molar-refractivity contribution is 0.247. The van der Waals surface area contributed by atoms with E-state index in [1.807, 2.05) is 54.6 Å². The lowest BCUT2D eigenvalue weighted by Crippen LogP contribution is -2.24. The van der Waals surface area contributed by atoms with Gasteiger partial charge in [-0.05, 0) is 52.9 Å². The van der Waals surface area contributed by atoms with Crippen LogP contribution in [-0.2, 0) is 5.41 Å². The summed E-state index contributed by atoms with van der Waals surface area (Å²) < 4.78 is 11.6. The van der Waals surface area contributed by atoms with Gasteiger partial charge in [-0.3, -0.25) is 0 Å². The number of amides is 2. The van der Waals surface area contributed by atoms with Gasteiger partial charge in [-0.25, -0.2) is 10.2 Å². The molecule has 0 saturated heterocycles. The number of urea groups is 1. The normalized spacial score (nSPS) is 11.2. The highest BCUT2D eigenvalue weighted by molar-refractivity contribution is 5.90. The first-order valence-corrected chi connectivity index (χ1v) is 11.0. The smallest absolute Gasteiger partial charge is 0.339 e. The molecule has 3 rings (SSSR count). The van der Waals surface area contributed by atoms with Crippen molar-refractivity contribution in [2.45, 2.75) is 32.6 Å². The highest BCUT2D eigenvalue weighted by Crippen LogP contribution is 2.24. The van der Waals surface area contributed by atoms with E-state index in [9.17, 15) is 4.79 Å². The molecule has 2 amide bonds. The van der Waals surface area contributed by atoms with Crippen molar-refractivity contribution in [3.63, 3.8) is 0 Å². The van der Waals surface area contributed by atoms with E-state index in [4.69, 9.17) is 9.47 Å².